The molecule has 0 radical (unpaired) electrons. The maximum Gasteiger partial charge on any atom is 0.344 e. The van der Waals surface area contributed by atoms with Crippen LogP contribution in [-0.4, -0.2) is 55.6 Å². The molecule has 1 amide bonds. The topological polar surface area (TPSA) is 137 Å². The van der Waals surface area contributed by atoms with Crippen LogP contribution in [0, 0.1) is 0 Å². The average Bonchev–Trinajstić information content (AvgIpc) is 2.91. The molecule has 0 saturated carbocycles. The van der Waals surface area contributed by atoms with Gasteiger partial charge in [0.1, 0.15) is 11.5 Å². The van der Waals surface area contributed by atoms with Gasteiger partial charge in [-0.25, -0.2) is 15.0 Å². The number of halogens is 2. The van der Waals surface area contributed by atoms with Gasteiger partial charge in [-0.2, -0.15) is 5.10 Å². The van der Waals surface area contributed by atoms with Crippen LogP contribution in [0.2, 0.25) is 0 Å². The molecule has 0 aliphatic carbocycles. The Morgan fingerprint density at radius 1 is 1.07 bits per heavy atom. The summed E-state index contributed by atoms with van der Waals surface area (Å²) < 4.78 is 22.8. The molecule has 3 rings (SSSR count). The molecule has 1 aliphatic rings. The standard InChI is InChI=1S/C27H28Br2N4O7S/c1-4-37-22(35)14-40-25-16(10-17(28)11-19(25)29)12-30-33-21(34)13-39-20-9-7-6-8-18(20)24-23(26(36)38-5-2)15(3)31-27(41)32-24/h6-12,24H,4-5,13-14H2,1-3H3,(H,33,34)(H2,31,32,41)/t24-/m0/s1. The number of ether oxygens (including phenoxy) is 4. The largest absolute Gasteiger partial charge is 0.483 e. The van der Waals surface area contributed by atoms with E-state index in [4.69, 9.17) is 31.2 Å². The number of para-hydroxylation sites is 1. The number of carbonyl (C=O) groups is 3. The molecule has 1 aliphatic heterocycles. The molecule has 14 heteroatoms. The highest BCUT2D eigenvalue weighted by Gasteiger charge is 2.32. The van der Waals surface area contributed by atoms with Crippen molar-refractivity contribution in [3.63, 3.8) is 0 Å². The molecule has 1 atom stereocenters. The second-order valence-electron chi connectivity index (χ2n) is 8.31. The van der Waals surface area contributed by atoms with Crippen LogP contribution in [0.1, 0.15) is 37.9 Å². The summed E-state index contributed by atoms with van der Waals surface area (Å²) in [6.07, 6.45) is 1.38. The van der Waals surface area contributed by atoms with Gasteiger partial charge < -0.3 is 29.6 Å². The number of hydrazone groups is 1. The van der Waals surface area contributed by atoms with E-state index in [2.05, 4.69) is 53.0 Å². The second kappa shape index (κ2) is 15.5. The number of amides is 1. The molecule has 0 unspecified atom stereocenters. The molecule has 3 N–H and O–H groups in total. The summed E-state index contributed by atoms with van der Waals surface area (Å²) in [6.45, 7) is 4.95. The normalized spacial score (nSPS) is 14.7. The summed E-state index contributed by atoms with van der Waals surface area (Å²) in [7, 11) is 0. The fourth-order valence-electron chi connectivity index (χ4n) is 3.77. The van der Waals surface area contributed by atoms with Crippen LogP contribution in [0.15, 0.2) is 61.7 Å². The van der Waals surface area contributed by atoms with Gasteiger partial charge in [0.15, 0.2) is 18.3 Å². The first-order valence-corrected chi connectivity index (χ1v) is 14.4. The van der Waals surface area contributed by atoms with Crippen molar-refractivity contribution in [1.82, 2.24) is 16.1 Å². The van der Waals surface area contributed by atoms with Gasteiger partial charge in [-0.05, 0) is 67.1 Å². The smallest absolute Gasteiger partial charge is 0.344 e. The number of benzene rings is 2. The van der Waals surface area contributed by atoms with Crippen molar-refractivity contribution in [3.8, 4) is 11.5 Å². The molecular weight excluding hydrogens is 684 g/mol. The van der Waals surface area contributed by atoms with Crippen molar-refractivity contribution >= 4 is 73.3 Å². The molecule has 0 saturated heterocycles. The third-order valence-corrected chi connectivity index (χ3v) is 6.69. The summed E-state index contributed by atoms with van der Waals surface area (Å²) in [5.74, 6) is -0.835. The van der Waals surface area contributed by atoms with Gasteiger partial charge in [0, 0.05) is 21.3 Å². The van der Waals surface area contributed by atoms with Gasteiger partial charge in [0.2, 0.25) is 0 Å². The minimum absolute atomic E-state index is 0.210. The third-order valence-electron chi connectivity index (χ3n) is 5.42. The fraction of sp³-hybridized carbons (Fsp3) is 0.296. The van der Waals surface area contributed by atoms with Crippen molar-refractivity contribution in [2.45, 2.75) is 26.8 Å². The molecule has 0 fully saturated rings. The highest BCUT2D eigenvalue weighted by atomic mass is 79.9. The SMILES string of the molecule is CCOC(=O)COc1c(Br)cc(Br)cc1C=NNC(=O)COc1ccccc1[C@@H]1NC(=S)NC(C)=C1C(=O)OCC. The summed E-state index contributed by atoms with van der Waals surface area (Å²) in [4.78, 5) is 37.0. The number of thiocarbonyl (C=S) groups is 1. The van der Waals surface area contributed by atoms with Gasteiger partial charge in [-0.1, -0.05) is 34.1 Å². The number of carbonyl (C=O) groups excluding carboxylic acids is 3. The summed E-state index contributed by atoms with van der Waals surface area (Å²) in [5.41, 5.74) is 4.40. The zero-order chi connectivity index (χ0) is 29.9. The number of hydrogen-bond acceptors (Lipinski definition) is 9. The molecule has 2 aromatic carbocycles. The maximum atomic E-state index is 12.7. The van der Waals surface area contributed by atoms with E-state index >= 15 is 0 Å². The van der Waals surface area contributed by atoms with E-state index in [0.29, 0.717) is 43.5 Å². The van der Waals surface area contributed by atoms with E-state index in [1.165, 1.54) is 6.21 Å². The van der Waals surface area contributed by atoms with Crippen molar-refractivity contribution in [3.05, 3.63) is 67.7 Å². The number of esters is 2. The lowest BCUT2D eigenvalue weighted by molar-refractivity contribution is -0.145. The number of rotatable bonds is 12. The Bertz CT molecular complexity index is 1380. The zero-order valence-electron chi connectivity index (χ0n) is 22.4. The molecule has 0 aromatic heterocycles. The highest BCUT2D eigenvalue weighted by molar-refractivity contribution is 9.11. The molecule has 218 valence electrons. The van der Waals surface area contributed by atoms with Crippen LogP contribution >= 0.6 is 44.1 Å². The molecule has 1 heterocycles. The van der Waals surface area contributed by atoms with E-state index in [1.54, 1.807) is 57.2 Å². The Balaban J connectivity index is 1.70. The summed E-state index contributed by atoms with van der Waals surface area (Å²) in [6, 6.07) is 9.79. The molecule has 41 heavy (non-hydrogen) atoms. The van der Waals surface area contributed by atoms with Crippen LogP contribution in [0.4, 0.5) is 0 Å². The van der Waals surface area contributed by atoms with Gasteiger partial charge in [-0.15, -0.1) is 0 Å². The van der Waals surface area contributed by atoms with Crippen molar-refractivity contribution in [2.75, 3.05) is 26.4 Å². The Morgan fingerprint density at radius 3 is 2.54 bits per heavy atom. The lowest BCUT2D eigenvalue weighted by atomic mass is 9.95. The Morgan fingerprint density at radius 2 is 1.80 bits per heavy atom. The predicted octanol–water partition coefficient (Wildman–Crippen LogP) is 4.04. The van der Waals surface area contributed by atoms with E-state index < -0.39 is 23.9 Å². The molecular formula is C27H28Br2N4O7S. The first-order chi connectivity index (χ1) is 19.6. The Kier molecular flexibility index (Phi) is 12.1. The lowest BCUT2D eigenvalue weighted by Crippen LogP contribution is -2.45. The van der Waals surface area contributed by atoms with E-state index in [0.717, 1.165) is 4.47 Å². The van der Waals surface area contributed by atoms with E-state index in [1.807, 2.05) is 0 Å². The molecule has 0 bridgehead atoms. The number of allylic oxidation sites excluding steroid dienone is 1. The van der Waals surface area contributed by atoms with Crippen molar-refractivity contribution < 1.29 is 33.3 Å². The Hall–Kier alpha value is -3.49. The monoisotopic (exact) mass is 710 g/mol. The van der Waals surface area contributed by atoms with E-state index in [-0.39, 0.29) is 26.4 Å². The highest BCUT2D eigenvalue weighted by Crippen LogP contribution is 2.34. The number of hydrogen-bond donors (Lipinski definition) is 3. The van der Waals surface area contributed by atoms with Crippen LogP contribution in [0.25, 0.3) is 0 Å². The van der Waals surface area contributed by atoms with Crippen LogP contribution in [-0.2, 0) is 23.9 Å². The summed E-state index contributed by atoms with van der Waals surface area (Å²) >= 11 is 12.1. The minimum Gasteiger partial charge on any atom is -0.483 e. The van der Waals surface area contributed by atoms with Crippen LogP contribution in [0.5, 0.6) is 11.5 Å². The van der Waals surface area contributed by atoms with Gasteiger partial charge in [0.05, 0.1) is 35.5 Å². The minimum atomic E-state index is -0.650. The zero-order valence-corrected chi connectivity index (χ0v) is 26.4. The van der Waals surface area contributed by atoms with Gasteiger partial charge >= 0.3 is 11.9 Å². The molecule has 2 aromatic rings. The maximum absolute atomic E-state index is 12.7. The average molecular weight is 712 g/mol. The fourth-order valence-corrected chi connectivity index (χ4v) is 5.41. The van der Waals surface area contributed by atoms with E-state index in [9.17, 15) is 14.4 Å². The van der Waals surface area contributed by atoms with Gasteiger partial charge in [0.25, 0.3) is 5.91 Å². The van der Waals surface area contributed by atoms with Crippen molar-refractivity contribution in [1.29, 1.82) is 0 Å². The predicted molar refractivity (Wildman–Crippen MR) is 163 cm³/mol. The first-order valence-electron chi connectivity index (χ1n) is 12.4. The number of nitrogens with zero attached hydrogens (tertiary/aromatic N) is 1. The Labute approximate surface area is 259 Å². The number of nitrogens with one attached hydrogen (secondary N) is 3. The quantitative estimate of drug-likeness (QED) is 0.128. The lowest BCUT2D eigenvalue weighted by Gasteiger charge is -2.30. The van der Waals surface area contributed by atoms with Crippen molar-refractivity contribution in [2.24, 2.45) is 5.10 Å². The second-order valence-corrected chi connectivity index (χ2v) is 10.5. The van der Waals surface area contributed by atoms with Crippen LogP contribution in [0.3, 0.4) is 0 Å². The molecule has 11 nitrogen and oxygen atoms in total. The molecule has 0 spiro atoms. The first kappa shape index (κ1) is 32.0. The van der Waals surface area contributed by atoms with Crippen LogP contribution < -0.4 is 25.5 Å². The summed E-state index contributed by atoms with van der Waals surface area (Å²) in [5, 5.41) is 10.4. The van der Waals surface area contributed by atoms with Gasteiger partial charge in [-0.3, -0.25) is 4.79 Å². The third kappa shape index (κ3) is 9.00.